The fraction of sp³-hybridized carbons (Fsp3) is 1.00. The summed E-state index contributed by atoms with van der Waals surface area (Å²) in [6.07, 6.45) is -4.47. The molecule has 0 aromatic heterocycles. The molecule has 1 rings (SSSR count). The summed E-state index contributed by atoms with van der Waals surface area (Å²) in [5, 5.41) is 11.8. The minimum atomic E-state index is -4.46. The molecule has 1 aliphatic heterocycles. The number of rotatable bonds is 3. The van der Waals surface area contributed by atoms with Crippen LogP contribution in [0.4, 0.5) is 13.2 Å². The molecule has 1 heterocycles. The van der Waals surface area contributed by atoms with Crippen molar-refractivity contribution in [3.8, 4) is 0 Å². The molecule has 0 bridgehead atoms. The molecule has 2 N–H and O–H groups in total. The normalized spacial score (nSPS) is 26.3. The van der Waals surface area contributed by atoms with Crippen molar-refractivity contribution in [2.45, 2.75) is 44.0 Å². The molecular formula is C8H14F3NO. The number of alkyl halides is 3. The number of aliphatic hydroxyl groups is 1. The summed E-state index contributed by atoms with van der Waals surface area (Å²) >= 11 is 0. The first kappa shape index (κ1) is 10.8. The Hall–Kier alpha value is -0.290. The predicted octanol–water partition coefficient (Wildman–Crippen LogP) is 1.44. The average molecular weight is 197 g/mol. The van der Waals surface area contributed by atoms with E-state index in [1.165, 1.54) is 0 Å². The monoisotopic (exact) mass is 197 g/mol. The van der Waals surface area contributed by atoms with Gasteiger partial charge in [0, 0.05) is 6.04 Å². The lowest BCUT2D eigenvalue weighted by atomic mass is 10.1. The quantitative estimate of drug-likeness (QED) is 0.717. The molecule has 2 atom stereocenters. The molecule has 0 aromatic carbocycles. The van der Waals surface area contributed by atoms with Gasteiger partial charge in [-0.1, -0.05) is 0 Å². The van der Waals surface area contributed by atoms with Gasteiger partial charge in [-0.05, 0) is 32.2 Å². The van der Waals surface area contributed by atoms with Crippen molar-refractivity contribution in [2.75, 3.05) is 6.54 Å². The largest absolute Gasteiger partial charge is 0.414 e. The summed E-state index contributed by atoms with van der Waals surface area (Å²) in [5.74, 6) is 0. The van der Waals surface area contributed by atoms with Crippen molar-refractivity contribution in [1.29, 1.82) is 0 Å². The summed E-state index contributed by atoms with van der Waals surface area (Å²) in [6, 6.07) is 0.164. The fourth-order valence-electron chi connectivity index (χ4n) is 1.53. The molecule has 0 amide bonds. The number of aliphatic hydroxyl groups excluding tert-OH is 1. The number of hydrogen-bond donors (Lipinski definition) is 2. The third-order valence-corrected chi connectivity index (χ3v) is 2.33. The summed E-state index contributed by atoms with van der Waals surface area (Å²) in [7, 11) is 0. The van der Waals surface area contributed by atoms with Gasteiger partial charge in [0.05, 0.1) is 0 Å². The van der Waals surface area contributed by atoms with E-state index in [9.17, 15) is 13.2 Å². The van der Waals surface area contributed by atoms with Crippen molar-refractivity contribution in [2.24, 2.45) is 0 Å². The Bertz CT molecular complexity index is 154. The Kier molecular flexibility index (Phi) is 3.55. The van der Waals surface area contributed by atoms with Crippen molar-refractivity contribution >= 4 is 0 Å². The van der Waals surface area contributed by atoms with Crippen LogP contribution in [-0.2, 0) is 0 Å². The van der Waals surface area contributed by atoms with E-state index in [0.29, 0.717) is 6.42 Å². The van der Waals surface area contributed by atoms with Crippen LogP contribution in [0.25, 0.3) is 0 Å². The second kappa shape index (κ2) is 4.28. The molecule has 1 fully saturated rings. The average Bonchev–Trinajstić information content (AvgIpc) is 2.50. The predicted molar refractivity (Wildman–Crippen MR) is 42.3 cm³/mol. The summed E-state index contributed by atoms with van der Waals surface area (Å²) in [6.45, 7) is 0.882. The zero-order valence-corrected chi connectivity index (χ0v) is 7.27. The number of halogens is 3. The zero-order chi connectivity index (χ0) is 9.90. The SMILES string of the molecule is OC(CCC1CCCN1)C(F)(F)F. The third-order valence-electron chi connectivity index (χ3n) is 2.33. The second-order valence-corrected chi connectivity index (χ2v) is 3.43. The highest BCUT2D eigenvalue weighted by atomic mass is 19.4. The summed E-state index contributed by atoms with van der Waals surface area (Å²) in [5.41, 5.74) is 0. The van der Waals surface area contributed by atoms with Gasteiger partial charge in [-0.25, -0.2) is 0 Å². The van der Waals surface area contributed by atoms with Gasteiger partial charge in [0.2, 0.25) is 0 Å². The molecule has 0 radical (unpaired) electrons. The highest BCUT2D eigenvalue weighted by Gasteiger charge is 2.38. The molecule has 78 valence electrons. The van der Waals surface area contributed by atoms with Crippen LogP contribution in [0, 0.1) is 0 Å². The highest BCUT2D eigenvalue weighted by molar-refractivity contribution is 4.76. The van der Waals surface area contributed by atoms with Crippen LogP contribution in [0.3, 0.4) is 0 Å². The van der Waals surface area contributed by atoms with Gasteiger partial charge in [-0.15, -0.1) is 0 Å². The van der Waals surface area contributed by atoms with Crippen LogP contribution in [0.2, 0.25) is 0 Å². The molecule has 2 unspecified atom stereocenters. The van der Waals surface area contributed by atoms with Crippen molar-refractivity contribution < 1.29 is 18.3 Å². The molecule has 0 aromatic rings. The maximum atomic E-state index is 11.9. The van der Waals surface area contributed by atoms with E-state index in [0.717, 1.165) is 19.4 Å². The first-order valence-electron chi connectivity index (χ1n) is 4.48. The van der Waals surface area contributed by atoms with Gasteiger partial charge < -0.3 is 10.4 Å². The van der Waals surface area contributed by atoms with E-state index < -0.39 is 12.3 Å². The van der Waals surface area contributed by atoms with E-state index in [1.807, 2.05) is 0 Å². The maximum absolute atomic E-state index is 11.9. The van der Waals surface area contributed by atoms with Crippen LogP contribution >= 0.6 is 0 Å². The van der Waals surface area contributed by atoms with Gasteiger partial charge in [0.25, 0.3) is 0 Å². The maximum Gasteiger partial charge on any atom is 0.414 e. The van der Waals surface area contributed by atoms with Gasteiger partial charge in [-0.2, -0.15) is 13.2 Å². The smallest absolute Gasteiger partial charge is 0.384 e. The first-order valence-corrected chi connectivity index (χ1v) is 4.48. The molecular weight excluding hydrogens is 183 g/mol. The Morgan fingerprint density at radius 3 is 2.62 bits per heavy atom. The molecule has 1 aliphatic rings. The van der Waals surface area contributed by atoms with Crippen LogP contribution < -0.4 is 5.32 Å². The van der Waals surface area contributed by atoms with E-state index >= 15 is 0 Å². The standard InChI is InChI=1S/C8H14F3NO/c9-8(10,11)7(13)4-3-6-2-1-5-12-6/h6-7,12-13H,1-5H2. The minimum absolute atomic E-state index is 0.164. The first-order chi connectivity index (χ1) is 6.00. The van der Waals surface area contributed by atoms with Gasteiger partial charge in [0.1, 0.15) is 6.10 Å². The molecule has 5 heteroatoms. The van der Waals surface area contributed by atoms with Crippen molar-refractivity contribution in [1.82, 2.24) is 5.32 Å². The van der Waals surface area contributed by atoms with Crippen LogP contribution in [0.1, 0.15) is 25.7 Å². The van der Waals surface area contributed by atoms with Crippen LogP contribution in [0.15, 0.2) is 0 Å². The van der Waals surface area contributed by atoms with E-state index in [1.54, 1.807) is 0 Å². The van der Waals surface area contributed by atoms with Crippen LogP contribution in [-0.4, -0.2) is 30.0 Å². The molecule has 13 heavy (non-hydrogen) atoms. The van der Waals surface area contributed by atoms with Gasteiger partial charge in [-0.3, -0.25) is 0 Å². The Labute approximate surface area is 75.1 Å². The molecule has 2 nitrogen and oxygen atoms in total. The van der Waals surface area contributed by atoms with Crippen LogP contribution in [0.5, 0.6) is 0 Å². The molecule has 0 spiro atoms. The number of hydrogen-bond acceptors (Lipinski definition) is 2. The van der Waals surface area contributed by atoms with Crippen molar-refractivity contribution in [3.63, 3.8) is 0 Å². The Morgan fingerprint density at radius 2 is 2.15 bits per heavy atom. The highest BCUT2D eigenvalue weighted by Crippen LogP contribution is 2.24. The molecule has 0 saturated carbocycles. The van der Waals surface area contributed by atoms with Gasteiger partial charge in [0.15, 0.2) is 0 Å². The molecule has 1 saturated heterocycles. The molecule has 0 aliphatic carbocycles. The van der Waals surface area contributed by atoms with E-state index in [-0.39, 0.29) is 12.5 Å². The lowest BCUT2D eigenvalue weighted by Gasteiger charge is -2.16. The minimum Gasteiger partial charge on any atom is -0.384 e. The zero-order valence-electron chi connectivity index (χ0n) is 7.27. The third kappa shape index (κ3) is 3.52. The topological polar surface area (TPSA) is 32.3 Å². The fourth-order valence-corrected chi connectivity index (χ4v) is 1.53. The second-order valence-electron chi connectivity index (χ2n) is 3.43. The lowest BCUT2D eigenvalue weighted by Crippen LogP contribution is -2.31. The van der Waals surface area contributed by atoms with E-state index in [4.69, 9.17) is 5.11 Å². The summed E-state index contributed by atoms with van der Waals surface area (Å²) < 4.78 is 35.6. The van der Waals surface area contributed by atoms with Gasteiger partial charge >= 0.3 is 6.18 Å². The Balaban J connectivity index is 2.17. The Morgan fingerprint density at radius 1 is 1.46 bits per heavy atom. The summed E-state index contributed by atoms with van der Waals surface area (Å²) in [4.78, 5) is 0. The van der Waals surface area contributed by atoms with E-state index in [2.05, 4.69) is 5.32 Å². The lowest BCUT2D eigenvalue weighted by molar-refractivity contribution is -0.205. The number of nitrogens with one attached hydrogen (secondary N) is 1. The van der Waals surface area contributed by atoms with Crippen molar-refractivity contribution in [3.05, 3.63) is 0 Å².